The Morgan fingerprint density at radius 1 is 0.963 bits per heavy atom. The van der Waals surface area contributed by atoms with Gasteiger partial charge in [-0.05, 0) is 48.9 Å². The zero-order valence-electron chi connectivity index (χ0n) is 14.7. The average Bonchev–Trinajstić information content (AvgIpc) is 2.68. The predicted octanol–water partition coefficient (Wildman–Crippen LogP) is 1.82. The molecule has 8 nitrogen and oxygen atoms in total. The highest BCUT2D eigenvalue weighted by atomic mass is 35.5. The summed E-state index contributed by atoms with van der Waals surface area (Å²) in [5.74, 6) is -1.51. The molecule has 0 saturated heterocycles. The SMILES string of the molecule is COc1ccc(OCC(=O)NNC(=O)C(=O)Nc2cccc(Cl)c2C)cc1. The van der Waals surface area contributed by atoms with Crippen LogP contribution >= 0.6 is 11.6 Å². The van der Waals surface area contributed by atoms with Gasteiger partial charge in [-0.15, -0.1) is 0 Å². The minimum absolute atomic E-state index is 0.346. The van der Waals surface area contributed by atoms with Gasteiger partial charge in [0.05, 0.1) is 7.11 Å². The Labute approximate surface area is 160 Å². The van der Waals surface area contributed by atoms with Gasteiger partial charge in [-0.2, -0.15) is 0 Å². The van der Waals surface area contributed by atoms with E-state index in [1.54, 1.807) is 49.4 Å². The van der Waals surface area contributed by atoms with E-state index in [1.165, 1.54) is 7.11 Å². The zero-order chi connectivity index (χ0) is 19.8. The molecule has 0 aliphatic carbocycles. The Balaban J connectivity index is 1.77. The molecule has 0 aromatic heterocycles. The summed E-state index contributed by atoms with van der Waals surface area (Å²) in [6.07, 6.45) is 0. The summed E-state index contributed by atoms with van der Waals surface area (Å²) in [7, 11) is 1.54. The molecule has 0 spiro atoms. The lowest BCUT2D eigenvalue weighted by molar-refractivity contribution is -0.138. The number of amides is 3. The Bertz CT molecular complexity index is 839. The quantitative estimate of drug-likeness (QED) is 0.532. The van der Waals surface area contributed by atoms with Crippen LogP contribution in [0.15, 0.2) is 42.5 Å². The molecule has 2 rings (SSSR count). The van der Waals surface area contributed by atoms with E-state index in [1.807, 2.05) is 5.43 Å². The zero-order valence-corrected chi connectivity index (χ0v) is 15.4. The van der Waals surface area contributed by atoms with E-state index >= 15 is 0 Å². The van der Waals surface area contributed by atoms with Gasteiger partial charge in [-0.1, -0.05) is 17.7 Å². The summed E-state index contributed by atoms with van der Waals surface area (Å²) in [6.45, 7) is 1.36. The molecule has 2 aromatic carbocycles. The first-order valence-corrected chi connectivity index (χ1v) is 8.20. The van der Waals surface area contributed by atoms with Gasteiger partial charge >= 0.3 is 11.8 Å². The molecule has 0 fully saturated rings. The number of hydrogen-bond donors (Lipinski definition) is 3. The van der Waals surface area contributed by atoms with Crippen LogP contribution in [0.4, 0.5) is 5.69 Å². The van der Waals surface area contributed by atoms with Crippen LogP contribution in [0.3, 0.4) is 0 Å². The van der Waals surface area contributed by atoms with Crippen molar-refractivity contribution in [2.75, 3.05) is 19.0 Å². The lowest BCUT2D eigenvalue weighted by Crippen LogP contribution is -2.48. The van der Waals surface area contributed by atoms with Gasteiger partial charge in [0, 0.05) is 10.7 Å². The van der Waals surface area contributed by atoms with Gasteiger partial charge < -0.3 is 14.8 Å². The predicted molar refractivity (Wildman–Crippen MR) is 99.6 cm³/mol. The first-order chi connectivity index (χ1) is 12.9. The van der Waals surface area contributed by atoms with Gasteiger partial charge in [0.25, 0.3) is 5.91 Å². The lowest BCUT2D eigenvalue weighted by atomic mass is 10.2. The van der Waals surface area contributed by atoms with Crippen LogP contribution < -0.4 is 25.6 Å². The largest absolute Gasteiger partial charge is 0.497 e. The van der Waals surface area contributed by atoms with Crippen LogP contribution in [0.25, 0.3) is 0 Å². The Hall–Kier alpha value is -3.26. The highest BCUT2D eigenvalue weighted by molar-refractivity contribution is 6.40. The number of hydrazine groups is 1. The third-order valence-electron chi connectivity index (χ3n) is 3.47. The van der Waals surface area contributed by atoms with Crippen LogP contribution in [0.2, 0.25) is 5.02 Å². The number of carbonyl (C=O) groups is 3. The molecule has 3 amide bonds. The summed E-state index contributed by atoms with van der Waals surface area (Å²) < 4.78 is 10.3. The maximum Gasteiger partial charge on any atom is 0.328 e. The summed E-state index contributed by atoms with van der Waals surface area (Å²) in [5, 5.41) is 2.87. The van der Waals surface area contributed by atoms with E-state index in [0.29, 0.717) is 27.8 Å². The molecule has 3 N–H and O–H groups in total. The van der Waals surface area contributed by atoms with Gasteiger partial charge in [-0.3, -0.25) is 25.2 Å². The summed E-state index contributed by atoms with van der Waals surface area (Å²) in [5.41, 5.74) is 5.12. The number of carbonyl (C=O) groups excluding carboxylic acids is 3. The van der Waals surface area contributed by atoms with E-state index < -0.39 is 17.7 Å². The summed E-state index contributed by atoms with van der Waals surface area (Å²) in [4.78, 5) is 35.3. The second-order valence-electron chi connectivity index (χ2n) is 5.33. The van der Waals surface area contributed by atoms with Crippen molar-refractivity contribution >= 4 is 35.0 Å². The molecule has 0 aliphatic heterocycles. The van der Waals surface area contributed by atoms with Gasteiger partial charge in [-0.25, -0.2) is 0 Å². The normalized spacial score (nSPS) is 9.89. The first-order valence-electron chi connectivity index (χ1n) is 7.83. The fourth-order valence-electron chi connectivity index (χ4n) is 1.96. The van der Waals surface area contributed by atoms with Gasteiger partial charge in [0.1, 0.15) is 11.5 Å². The second-order valence-corrected chi connectivity index (χ2v) is 5.74. The number of benzene rings is 2. The number of ether oxygens (including phenoxy) is 2. The lowest BCUT2D eigenvalue weighted by Gasteiger charge is -2.11. The molecule has 0 unspecified atom stereocenters. The maximum atomic E-state index is 11.9. The van der Waals surface area contributed by atoms with Crippen LogP contribution in [-0.4, -0.2) is 31.4 Å². The molecule has 9 heteroatoms. The maximum absolute atomic E-state index is 11.9. The van der Waals surface area contributed by atoms with E-state index in [9.17, 15) is 14.4 Å². The topological polar surface area (TPSA) is 106 Å². The highest BCUT2D eigenvalue weighted by Gasteiger charge is 2.16. The van der Waals surface area contributed by atoms with Crippen LogP contribution in [0.5, 0.6) is 11.5 Å². The number of nitrogens with one attached hydrogen (secondary N) is 3. The van der Waals surface area contributed by atoms with E-state index in [4.69, 9.17) is 21.1 Å². The summed E-state index contributed by atoms with van der Waals surface area (Å²) >= 11 is 5.95. The molecule has 0 aliphatic rings. The molecule has 0 atom stereocenters. The number of rotatable bonds is 5. The molecule has 0 heterocycles. The van der Waals surface area contributed by atoms with Crippen molar-refractivity contribution in [2.24, 2.45) is 0 Å². The molecule has 0 saturated carbocycles. The molecular formula is C18H18ClN3O5. The van der Waals surface area contributed by atoms with Crippen molar-refractivity contribution in [2.45, 2.75) is 6.92 Å². The van der Waals surface area contributed by atoms with E-state index in [0.717, 1.165) is 0 Å². The van der Waals surface area contributed by atoms with Crippen molar-refractivity contribution in [3.05, 3.63) is 53.1 Å². The minimum atomic E-state index is -1.04. The van der Waals surface area contributed by atoms with Gasteiger partial charge in [0.2, 0.25) is 0 Å². The van der Waals surface area contributed by atoms with Crippen LogP contribution in [0, 0.1) is 6.92 Å². The van der Waals surface area contributed by atoms with Crippen LogP contribution in [0.1, 0.15) is 5.56 Å². The fraction of sp³-hybridized carbons (Fsp3) is 0.167. The molecule has 2 aromatic rings. The number of halogens is 1. The van der Waals surface area contributed by atoms with Crippen molar-refractivity contribution in [3.8, 4) is 11.5 Å². The van der Waals surface area contributed by atoms with Crippen molar-refractivity contribution in [3.63, 3.8) is 0 Å². The second kappa shape index (κ2) is 9.44. The minimum Gasteiger partial charge on any atom is -0.497 e. The Morgan fingerprint density at radius 3 is 2.30 bits per heavy atom. The summed E-state index contributed by atoms with van der Waals surface area (Å²) in [6, 6.07) is 11.5. The molecule has 142 valence electrons. The molecule has 0 bridgehead atoms. The molecular weight excluding hydrogens is 374 g/mol. The first kappa shape index (κ1) is 20.1. The standard InChI is InChI=1S/C18H18ClN3O5/c1-11-14(19)4-3-5-15(11)20-17(24)18(25)22-21-16(23)10-27-13-8-6-12(26-2)7-9-13/h3-9H,10H2,1-2H3,(H,20,24)(H,21,23)(H,22,25). The third kappa shape index (κ3) is 5.89. The molecule has 27 heavy (non-hydrogen) atoms. The fourth-order valence-corrected chi connectivity index (χ4v) is 2.14. The number of hydrogen-bond acceptors (Lipinski definition) is 5. The van der Waals surface area contributed by atoms with E-state index in [-0.39, 0.29) is 6.61 Å². The van der Waals surface area contributed by atoms with Crippen LogP contribution in [-0.2, 0) is 14.4 Å². The Kier molecular flexibility index (Phi) is 7.01. The Morgan fingerprint density at radius 2 is 1.63 bits per heavy atom. The molecule has 0 radical (unpaired) electrons. The number of methoxy groups -OCH3 is 1. The van der Waals surface area contributed by atoms with Crippen molar-refractivity contribution < 1.29 is 23.9 Å². The van der Waals surface area contributed by atoms with Gasteiger partial charge in [0.15, 0.2) is 6.61 Å². The third-order valence-corrected chi connectivity index (χ3v) is 3.88. The highest BCUT2D eigenvalue weighted by Crippen LogP contribution is 2.22. The monoisotopic (exact) mass is 391 g/mol. The number of anilines is 1. The van der Waals surface area contributed by atoms with Crippen molar-refractivity contribution in [1.29, 1.82) is 0 Å². The van der Waals surface area contributed by atoms with E-state index in [2.05, 4.69) is 10.7 Å². The van der Waals surface area contributed by atoms with Crippen molar-refractivity contribution in [1.82, 2.24) is 10.9 Å². The average molecular weight is 392 g/mol. The smallest absolute Gasteiger partial charge is 0.328 e.